The number of carbonyl (C=O) groups is 2. The van der Waals surface area contributed by atoms with Crippen molar-refractivity contribution in [3.05, 3.63) is 35.7 Å². The minimum Gasteiger partial charge on any atom is -0.345 e. The van der Waals surface area contributed by atoms with Crippen LogP contribution in [-0.2, 0) is 11.3 Å². The Bertz CT molecular complexity index is 618. The molecule has 2 heterocycles. The highest BCUT2D eigenvalue weighted by Crippen LogP contribution is 2.17. The average molecular weight is 331 g/mol. The van der Waals surface area contributed by atoms with Gasteiger partial charge < -0.3 is 9.47 Å². The maximum Gasteiger partial charge on any atom is 0.222 e. The summed E-state index contributed by atoms with van der Waals surface area (Å²) in [4.78, 5) is 28.7. The third-order valence-electron chi connectivity index (χ3n) is 4.80. The molecule has 1 fully saturated rings. The van der Waals surface area contributed by atoms with Crippen molar-refractivity contribution < 1.29 is 9.59 Å². The zero-order valence-electron chi connectivity index (χ0n) is 15.2. The molecule has 1 aliphatic rings. The number of allylic oxidation sites excluding steroid dienone is 1. The largest absolute Gasteiger partial charge is 0.345 e. The van der Waals surface area contributed by atoms with Crippen LogP contribution in [0.15, 0.2) is 18.7 Å². The summed E-state index contributed by atoms with van der Waals surface area (Å²) >= 11 is 0. The molecule has 0 N–H and O–H groups in total. The van der Waals surface area contributed by atoms with Gasteiger partial charge in [0, 0.05) is 56.1 Å². The lowest BCUT2D eigenvalue weighted by atomic mass is 10.1. The van der Waals surface area contributed by atoms with Gasteiger partial charge in [0.1, 0.15) is 0 Å². The minimum atomic E-state index is 0.161. The predicted octanol–water partition coefficient (Wildman–Crippen LogP) is 2.42. The smallest absolute Gasteiger partial charge is 0.222 e. The Labute approximate surface area is 144 Å². The maximum absolute atomic E-state index is 12.7. The number of hydrogen-bond donors (Lipinski definition) is 0. The molecule has 1 saturated heterocycles. The van der Waals surface area contributed by atoms with Crippen molar-refractivity contribution in [1.29, 1.82) is 0 Å². The van der Waals surface area contributed by atoms with Crippen molar-refractivity contribution in [2.45, 2.75) is 40.2 Å². The van der Waals surface area contributed by atoms with Gasteiger partial charge in [-0.1, -0.05) is 13.0 Å². The summed E-state index contributed by atoms with van der Waals surface area (Å²) in [5, 5.41) is 0. The van der Waals surface area contributed by atoms with E-state index in [1.54, 1.807) is 0 Å². The van der Waals surface area contributed by atoms with Gasteiger partial charge in [-0.15, -0.1) is 6.58 Å². The Morgan fingerprint density at radius 2 is 1.96 bits per heavy atom. The van der Waals surface area contributed by atoms with E-state index < -0.39 is 0 Å². The van der Waals surface area contributed by atoms with Crippen molar-refractivity contribution in [2.75, 3.05) is 32.7 Å². The number of Topliss-reactive ketones (excluding diaryl/α,β-unsaturated/α-hetero) is 1. The number of ketones is 1. The first kappa shape index (κ1) is 18.5. The van der Waals surface area contributed by atoms with Crippen molar-refractivity contribution in [3.63, 3.8) is 0 Å². The van der Waals surface area contributed by atoms with Gasteiger partial charge in [0.15, 0.2) is 5.78 Å². The lowest BCUT2D eigenvalue weighted by molar-refractivity contribution is -0.130. The molecule has 24 heavy (non-hydrogen) atoms. The van der Waals surface area contributed by atoms with E-state index in [2.05, 4.69) is 16.0 Å². The van der Waals surface area contributed by atoms with Crippen molar-refractivity contribution >= 4 is 11.7 Å². The van der Waals surface area contributed by atoms with Crippen LogP contribution < -0.4 is 0 Å². The molecule has 0 spiro atoms. The summed E-state index contributed by atoms with van der Waals surface area (Å²) in [6.07, 6.45) is 3.32. The van der Waals surface area contributed by atoms with E-state index in [0.29, 0.717) is 13.0 Å². The molecule has 0 unspecified atom stereocenters. The van der Waals surface area contributed by atoms with Gasteiger partial charge in [0.25, 0.3) is 0 Å². The van der Waals surface area contributed by atoms with Crippen molar-refractivity contribution in [2.24, 2.45) is 0 Å². The van der Waals surface area contributed by atoms with E-state index in [1.165, 1.54) is 0 Å². The maximum atomic E-state index is 12.7. The molecule has 0 aliphatic carbocycles. The fourth-order valence-corrected chi connectivity index (χ4v) is 3.38. The number of amides is 1. The van der Waals surface area contributed by atoms with E-state index in [4.69, 9.17) is 0 Å². The third kappa shape index (κ3) is 4.15. The van der Waals surface area contributed by atoms with E-state index >= 15 is 0 Å². The second kappa shape index (κ2) is 8.29. The Kier molecular flexibility index (Phi) is 6.37. The van der Waals surface area contributed by atoms with Crippen LogP contribution in [0.25, 0.3) is 0 Å². The summed E-state index contributed by atoms with van der Waals surface area (Å²) in [5.74, 6) is 0.366. The number of hydrogen-bond acceptors (Lipinski definition) is 3. The fraction of sp³-hybridized carbons (Fsp3) is 0.579. The highest BCUT2D eigenvalue weighted by atomic mass is 16.2. The highest BCUT2D eigenvalue weighted by Gasteiger charge is 2.22. The van der Waals surface area contributed by atoms with E-state index in [1.807, 2.05) is 37.8 Å². The second-order valence-corrected chi connectivity index (χ2v) is 6.47. The van der Waals surface area contributed by atoms with Crippen LogP contribution in [0.5, 0.6) is 0 Å². The van der Waals surface area contributed by atoms with Crippen LogP contribution in [0.2, 0.25) is 0 Å². The number of aromatic nitrogens is 1. The molecule has 1 amide bonds. The first-order valence-electron chi connectivity index (χ1n) is 8.78. The molecular weight excluding hydrogens is 302 g/mol. The van der Waals surface area contributed by atoms with Gasteiger partial charge in [-0.2, -0.15) is 0 Å². The summed E-state index contributed by atoms with van der Waals surface area (Å²) in [7, 11) is 0. The van der Waals surface area contributed by atoms with Gasteiger partial charge in [0.05, 0.1) is 6.54 Å². The molecule has 0 saturated carbocycles. The molecule has 0 atom stereocenters. The molecule has 2 rings (SSSR count). The van der Waals surface area contributed by atoms with Crippen LogP contribution in [0.3, 0.4) is 0 Å². The lowest BCUT2D eigenvalue weighted by Crippen LogP contribution is -2.36. The molecule has 0 aromatic carbocycles. The van der Waals surface area contributed by atoms with Gasteiger partial charge in [-0.05, 0) is 26.3 Å². The Hall–Kier alpha value is -1.88. The summed E-state index contributed by atoms with van der Waals surface area (Å²) in [5.41, 5.74) is 2.90. The molecule has 132 valence electrons. The SMILES string of the molecule is C=CCn1c(C)cc(C(=O)CN2CCCN(C(=O)CC)CC2)c1C. The number of aryl methyl sites for hydroxylation is 1. The quantitative estimate of drug-likeness (QED) is 0.594. The van der Waals surface area contributed by atoms with Crippen LogP contribution in [0, 0.1) is 13.8 Å². The van der Waals surface area contributed by atoms with E-state index in [9.17, 15) is 9.59 Å². The first-order chi connectivity index (χ1) is 11.5. The number of nitrogens with zero attached hydrogens (tertiary/aromatic N) is 3. The zero-order chi connectivity index (χ0) is 17.7. The zero-order valence-corrected chi connectivity index (χ0v) is 15.2. The summed E-state index contributed by atoms with van der Waals surface area (Å²) < 4.78 is 2.12. The average Bonchev–Trinajstić information content (AvgIpc) is 2.74. The molecule has 1 aromatic rings. The van der Waals surface area contributed by atoms with Crippen LogP contribution in [0.4, 0.5) is 0 Å². The van der Waals surface area contributed by atoms with Gasteiger partial charge in [0.2, 0.25) is 5.91 Å². The molecule has 1 aliphatic heterocycles. The Balaban J connectivity index is 2.01. The molecule has 5 nitrogen and oxygen atoms in total. The lowest BCUT2D eigenvalue weighted by Gasteiger charge is -2.21. The first-order valence-corrected chi connectivity index (χ1v) is 8.78. The van der Waals surface area contributed by atoms with Crippen LogP contribution in [0.1, 0.15) is 41.5 Å². The van der Waals surface area contributed by atoms with Gasteiger partial charge in [-0.25, -0.2) is 0 Å². The summed E-state index contributed by atoms with van der Waals surface area (Å²) in [6.45, 7) is 14.0. The molecule has 1 aromatic heterocycles. The van der Waals surface area contributed by atoms with Crippen molar-refractivity contribution in [3.8, 4) is 0 Å². The summed E-state index contributed by atoms with van der Waals surface area (Å²) in [6, 6.07) is 1.98. The van der Waals surface area contributed by atoms with E-state index in [-0.39, 0.29) is 11.7 Å². The van der Waals surface area contributed by atoms with Crippen molar-refractivity contribution in [1.82, 2.24) is 14.4 Å². The van der Waals surface area contributed by atoms with Gasteiger partial charge in [-0.3, -0.25) is 14.5 Å². The standard InChI is InChI=1S/C19H29N3O2/c1-5-8-22-15(3)13-17(16(22)4)18(23)14-20-9-7-10-21(12-11-20)19(24)6-2/h5,13H,1,6-12,14H2,2-4H3. The second-order valence-electron chi connectivity index (χ2n) is 6.47. The monoisotopic (exact) mass is 331 g/mol. The van der Waals surface area contributed by atoms with Crippen LogP contribution in [-0.4, -0.2) is 58.8 Å². The highest BCUT2D eigenvalue weighted by molar-refractivity contribution is 5.99. The van der Waals surface area contributed by atoms with Crippen LogP contribution >= 0.6 is 0 Å². The molecular formula is C19H29N3O2. The normalized spacial score (nSPS) is 16.0. The molecule has 0 bridgehead atoms. The number of rotatable bonds is 6. The van der Waals surface area contributed by atoms with E-state index in [0.717, 1.165) is 56.1 Å². The topological polar surface area (TPSA) is 45.6 Å². The Morgan fingerprint density at radius 3 is 2.62 bits per heavy atom. The number of carbonyl (C=O) groups excluding carboxylic acids is 2. The molecule has 5 heteroatoms. The third-order valence-corrected chi connectivity index (χ3v) is 4.80. The minimum absolute atomic E-state index is 0.161. The fourth-order valence-electron chi connectivity index (χ4n) is 3.38. The van der Waals surface area contributed by atoms with Gasteiger partial charge >= 0.3 is 0 Å². The Morgan fingerprint density at radius 1 is 1.21 bits per heavy atom. The predicted molar refractivity (Wildman–Crippen MR) is 96.4 cm³/mol. The molecule has 0 radical (unpaired) electrons.